The summed E-state index contributed by atoms with van der Waals surface area (Å²) in [5.74, 6) is 0.786. The highest BCUT2D eigenvalue weighted by molar-refractivity contribution is 8.13. The van der Waals surface area contributed by atoms with Crippen molar-refractivity contribution in [3.63, 3.8) is 0 Å². The van der Waals surface area contributed by atoms with Crippen LogP contribution in [-0.2, 0) is 12.3 Å². The Balaban J connectivity index is 2.80. The Kier molecular flexibility index (Phi) is 8.76. The van der Waals surface area contributed by atoms with Gasteiger partial charge in [-0.25, -0.2) is 4.99 Å². The van der Waals surface area contributed by atoms with Crippen molar-refractivity contribution in [1.29, 1.82) is 0 Å². The van der Waals surface area contributed by atoms with E-state index < -0.39 is 0 Å². The van der Waals surface area contributed by atoms with Crippen molar-refractivity contribution >= 4 is 34.2 Å². The van der Waals surface area contributed by atoms with Crippen molar-refractivity contribution in [2.75, 3.05) is 20.1 Å². The summed E-state index contributed by atoms with van der Waals surface area (Å²) in [6.07, 6.45) is 0. The topological polar surface area (TPSA) is 28.0 Å². The second kappa shape index (κ2) is 10.0. The number of amidine groups is 1. The highest BCUT2D eigenvalue weighted by Crippen LogP contribution is 2.24. The van der Waals surface area contributed by atoms with Gasteiger partial charge in [-0.05, 0) is 44.1 Å². The zero-order valence-corrected chi connectivity index (χ0v) is 15.8. The summed E-state index contributed by atoms with van der Waals surface area (Å²) in [7, 11) is 1.77. The van der Waals surface area contributed by atoms with Crippen LogP contribution in [0.5, 0.6) is 0 Å². The van der Waals surface area contributed by atoms with Gasteiger partial charge in [-0.3, -0.25) is 9.89 Å². The van der Waals surface area contributed by atoms with Crippen molar-refractivity contribution in [3.8, 4) is 0 Å². The lowest BCUT2D eigenvalue weighted by molar-refractivity contribution is 0.296. The van der Waals surface area contributed by atoms with Crippen LogP contribution in [0.15, 0.2) is 28.2 Å². The Morgan fingerprint density at radius 1 is 1.23 bits per heavy atom. The fraction of sp³-hybridized carbons (Fsp3) is 0.529. The maximum atomic E-state index is 6.33. The minimum absolute atomic E-state index is 0.786. The Morgan fingerprint density at radius 2 is 1.91 bits per heavy atom. The molecule has 1 aromatic carbocycles. The van der Waals surface area contributed by atoms with Crippen LogP contribution in [0.25, 0.3) is 0 Å². The van der Waals surface area contributed by atoms with Crippen molar-refractivity contribution < 1.29 is 0 Å². The molecule has 0 radical (unpaired) electrons. The van der Waals surface area contributed by atoms with E-state index in [1.165, 1.54) is 5.56 Å². The van der Waals surface area contributed by atoms with Crippen LogP contribution in [-0.4, -0.2) is 35.9 Å². The fourth-order valence-electron chi connectivity index (χ4n) is 2.02. The monoisotopic (exact) mass is 339 g/mol. The van der Waals surface area contributed by atoms with Crippen LogP contribution in [0.2, 0.25) is 5.02 Å². The molecule has 0 aromatic heterocycles. The van der Waals surface area contributed by atoms with Crippen molar-refractivity contribution in [2.45, 2.75) is 40.0 Å². The first kappa shape index (κ1) is 19.2. The van der Waals surface area contributed by atoms with Crippen LogP contribution in [0.4, 0.5) is 0 Å². The number of thioether (sulfide) groups is 1. The van der Waals surface area contributed by atoms with E-state index >= 15 is 0 Å². The molecule has 1 rings (SSSR count). The minimum Gasteiger partial charge on any atom is -0.300 e. The second-order valence-electron chi connectivity index (χ2n) is 5.24. The number of aliphatic imine (C=N–C) groups is 2. The van der Waals surface area contributed by atoms with Gasteiger partial charge < -0.3 is 0 Å². The predicted octanol–water partition coefficient (Wildman–Crippen LogP) is 4.88. The van der Waals surface area contributed by atoms with Crippen LogP contribution in [0.3, 0.4) is 0 Å². The standard InChI is InChI=1S/C17H26ClN3S/c1-6-21(7-2)11-14-8-9-16(18)15(10-14)12-22-17(19-5)20-13(3)4/h8-10H,6-7,11-12H2,1-5H3. The number of benzene rings is 1. The molecule has 0 fully saturated rings. The van der Waals surface area contributed by atoms with E-state index in [0.29, 0.717) is 0 Å². The van der Waals surface area contributed by atoms with Crippen LogP contribution < -0.4 is 0 Å². The highest BCUT2D eigenvalue weighted by atomic mass is 35.5. The van der Waals surface area contributed by atoms with Gasteiger partial charge in [0.25, 0.3) is 0 Å². The molecule has 0 unspecified atom stereocenters. The van der Waals surface area contributed by atoms with Crippen molar-refractivity contribution in [1.82, 2.24) is 4.90 Å². The number of nitrogens with zero attached hydrogens (tertiary/aromatic N) is 3. The first-order valence-electron chi connectivity index (χ1n) is 7.61. The van der Waals surface area contributed by atoms with Crippen LogP contribution in [0, 0.1) is 0 Å². The van der Waals surface area contributed by atoms with E-state index in [4.69, 9.17) is 11.6 Å². The molecule has 22 heavy (non-hydrogen) atoms. The zero-order chi connectivity index (χ0) is 16.5. The summed E-state index contributed by atoms with van der Waals surface area (Å²) in [4.78, 5) is 11.0. The van der Waals surface area contributed by atoms with Crippen LogP contribution in [0.1, 0.15) is 38.8 Å². The number of hydrogen-bond acceptors (Lipinski definition) is 3. The summed E-state index contributed by atoms with van der Waals surface area (Å²) in [6, 6.07) is 6.30. The molecule has 0 N–H and O–H groups in total. The highest BCUT2D eigenvalue weighted by Gasteiger charge is 2.07. The third kappa shape index (κ3) is 6.51. The van der Waals surface area contributed by atoms with Gasteiger partial charge in [-0.1, -0.05) is 49.3 Å². The quantitative estimate of drug-likeness (QED) is 0.545. The molecule has 122 valence electrons. The van der Waals surface area contributed by atoms with Gasteiger partial charge in [-0.15, -0.1) is 0 Å². The molecule has 0 bridgehead atoms. The van der Waals surface area contributed by atoms with Gasteiger partial charge in [0, 0.05) is 30.1 Å². The largest absolute Gasteiger partial charge is 0.300 e. The molecule has 0 aliphatic carbocycles. The summed E-state index contributed by atoms with van der Waals surface area (Å²) < 4.78 is 0. The summed E-state index contributed by atoms with van der Waals surface area (Å²) in [5, 5.41) is 1.61. The number of halogens is 1. The van der Waals surface area contributed by atoms with Gasteiger partial charge in [0.15, 0.2) is 5.17 Å². The molecule has 0 amide bonds. The van der Waals surface area contributed by atoms with E-state index in [1.54, 1.807) is 18.8 Å². The van der Waals surface area contributed by atoms with E-state index in [1.807, 2.05) is 19.9 Å². The molecule has 3 nitrogen and oxygen atoms in total. The number of hydrogen-bond donors (Lipinski definition) is 0. The number of rotatable bonds is 6. The van der Waals surface area contributed by atoms with Crippen molar-refractivity contribution in [3.05, 3.63) is 34.3 Å². The Labute approximate surface area is 143 Å². The molecule has 1 aromatic rings. The molecule has 0 saturated heterocycles. The molecule has 0 spiro atoms. The average molecular weight is 340 g/mol. The van der Waals surface area contributed by atoms with Gasteiger partial charge in [0.1, 0.15) is 0 Å². The Morgan fingerprint density at radius 3 is 2.45 bits per heavy atom. The van der Waals surface area contributed by atoms with Gasteiger partial charge in [-0.2, -0.15) is 0 Å². The van der Waals surface area contributed by atoms with E-state index in [-0.39, 0.29) is 0 Å². The fourth-order valence-corrected chi connectivity index (χ4v) is 3.19. The molecule has 5 heteroatoms. The summed E-state index contributed by atoms with van der Waals surface area (Å²) >= 11 is 7.95. The first-order chi connectivity index (χ1) is 10.5. The van der Waals surface area contributed by atoms with Gasteiger partial charge in [0.2, 0.25) is 0 Å². The molecule has 0 aliphatic heterocycles. The Bertz CT molecular complexity index is 533. The molecular weight excluding hydrogens is 314 g/mol. The molecule has 0 aliphatic rings. The summed E-state index contributed by atoms with van der Waals surface area (Å²) in [5.41, 5.74) is 3.45. The smallest absolute Gasteiger partial charge is 0.182 e. The lowest BCUT2D eigenvalue weighted by Crippen LogP contribution is -2.22. The molecule has 0 atom stereocenters. The molecular formula is C17H26ClN3S. The van der Waals surface area contributed by atoms with E-state index in [0.717, 1.165) is 46.9 Å². The predicted molar refractivity (Wildman–Crippen MR) is 102 cm³/mol. The second-order valence-corrected chi connectivity index (χ2v) is 6.59. The Hall–Kier alpha value is -0.840. The third-order valence-corrected chi connectivity index (χ3v) is 4.63. The molecule has 0 saturated carbocycles. The lowest BCUT2D eigenvalue weighted by atomic mass is 10.1. The van der Waals surface area contributed by atoms with Crippen LogP contribution >= 0.6 is 23.4 Å². The van der Waals surface area contributed by atoms with Gasteiger partial charge >= 0.3 is 0 Å². The van der Waals surface area contributed by atoms with E-state index in [9.17, 15) is 0 Å². The molecule has 0 heterocycles. The summed E-state index contributed by atoms with van der Waals surface area (Å²) in [6.45, 7) is 11.4. The van der Waals surface area contributed by atoms with Gasteiger partial charge in [0.05, 0.1) is 0 Å². The first-order valence-corrected chi connectivity index (χ1v) is 8.97. The maximum Gasteiger partial charge on any atom is 0.182 e. The zero-order valence-electron chi connectivity index (χ0n) is 14.2. The third-order valence-electron chi connectivity index (χ3n) is 3.28. The van der Waals surface area contributed by atoms with E-state index in [2.05, 4.69) is 40.9 Å². The minimum atomic E-state index is 0.786. The average Bonchev–Trinajstić information content (AvgIpc) is 2.50. The SMILES string of the molecule is CCN(CC)Cc1ccc(Cl)c(CSC(N=C(C)C)=NC)c1. The maximum absolute atomic E-state index is 6.33. The lowest BCUT2D eigenvalue weighted by Gasteiger charge is -2.18. The normalized spacial score (nSPS) is 11.9. The van der Waals surface area contributed by atoms with Crippen molar-refractivity contribution in [2.24, 2.45) is 9.98 Å².